The second-order valence-electron chi connectivity index (χ2n) is 14.2. The Hall–Kier alpha value is -0.730. The van der Waals surface area contributed by atoms with E-state index in [0.717, 1.165) is 18.8 Å². The molecule has 0 aromatic rings. The number of aliphatic hydroxyl groups is 2. The molecule has 38 heavy (non-hydrogen) atoms. The number of amides is 1. The van der Waals surface area contributed by atoms with Gasteiger partial charge in [-0.15, -0.1) is 0 Å². The predicted molar refractivity (Wildman–Crippen MR) is 147 cm³/mol. The van der Waals surface area contributed by atoms with Crippen LogP contribution in [0.5, 0.6) is 0 Å². The van der Waals surface area contributed by atoms with E-state index in [1.54, 1.807) is 6.92 Å². The molecule has 0 radical (unpaired) electrons. The van der Waals surface area contributed by atoms with Crippen LogP contribution in [0, 0.1) is 46.8 Å². The number of carbonyl (C=O) groups is 1. The third-order valence-electron chi connectivity index (χ3n) is 12.0. The van der Waals surface area contributed by atoms with Crippen LogP contribution in [0.25, 0.3) is 0 Å². The predicted octanol–water partition coefficient (Wildman–Crippen LogP) is 4.16. The Balaban J connectivity index is 1.32. The van der Waals surface area contributed by atoms with Crippen LogP contribution in [0.4, 0.5) is 0 Å². The van der Waals surface area contributed by atoms with E-state index in [4.69, 9.17) is 9.57 Å². The number of hydrogen-bond donors (Lipinski definition) is 3. The van der Waals surface area contributed by atoms with Crippen molar-refractivity contribution < 1.29 is 24.6 Å². The van der Waals surface area contributed by atoms with Crippen molar-refractivity contribution in [1.29, 1.82) is 0 Å². The van der Waals surface area contributed by atoms with Crippen molar-refractivity contribution in [2.75, 3.05) is 20.3 Å². The van der Waals surface area contributed by atoms with Gasteiger partial charge in [0.25, 0.3) is 0 Å². The molecule has 6 aliphatic rings. The summed E-state index contributed by atoms with van der Waals surface area (Å²) in [6.45, 7) is 9.14. The highest BCUT2D eigenvalue weighted by molar-refractivity contribution is 5.82. The maximum atomic E-state index is 14.0. The Morgan fingerprint density at radius 3 is 2.47 bits per heavy atom. The maximum absolute atomic E-state index is 14.0. The number of ether oxygens (including phenoxy) is 1. The van der Waals surface area contributed by atoms with Crippen molar-refractivity contribution in [3.8, 4) is 0 Å². The molecule has 1 aliphatic heterocycles. The van der Waals surface area contributed by atoms with E-state index in [0.29, 0.717) is 35.6 Å². The molecule has 11 atom stereocenters. The summed E-state index contributed by atoms with van der Waals surface area (Å²) >= 11 is 0. The monoisotopic (exact) mass is 534 g/mol. The minimum absolute atomic E-state index is 0.0589. The molecule has 218 valence electrons. The van der Waals surface area contributed by atoms with Gasteiger partial charge in [-0.1, -0.05) is 59.3 Å². The Kier molecular flexibility index (Phi) is 8.81. The first-order valence-corrected chi connectivity index (χ1v) is 15.7. The van der Waals surface area contributed by atoms with Crippen LogP contribution in [0.1, 0.15) is 91.9 Å². The normalized spacial score (nSPS) is 44.4. The maximum Gasteiger partial charge on any atom is 0.240 e. The summed E-state index contributed by atoms with van der Waals surface area (Å²) in [6.07, 6.45) is 11.2. The van der Waals surface area contributed by atoms with Gasteiger partial charge >= 0.3 is 0 Å². The van der Waals surface area contributed by atoms with E-state index in [1.807, 2.05) is 12.2 Å². The molecule has 0 aromatic carbocycles. The Labute approximate surface area is 230 Å². The molecule has 3 unspecified atom stereocenters. The first kappa shape index (κ1) is 28.8. The van der Waals surface area contributed by atoms with Crippen molar-refractivity contribution in [2.45, 2.75) is 122 Å². The second-order valence-corrected chi connectivity index (χ2v) is 14.2. The van der Waals surface area contributed by atoms with Gasteiger partial charge in [-0.2, -0.15) is 5.06 Å². The number of nitrogens with one attached hydrogen (secondary N) is 1. The highest BCUT2D eigenvalue weighted by atomic mass is 16.7. The van der Waals surface area contributed by atoms with Crippen molar-refractivity contribution >= 4 is 5.91 Å². The number of nitrogens with zero attached hydrogens (tertiary/aromatic N) is 1. The van der Waals surface area contributed by atoms with E-state index in [2.05, 4.69) is 26.1 Å². The zero-order valence-corrected chi connectivity index (χ0v) is 24.5. The number of methoxy groups -OCH3 is 1. The van der Waals surface area contributed by atoms with Gasteiger partial charge in [0.15, 0.2) is 0 Å². The number of fused-ring (bicyclic) bond motifs is 2. The minimum Gasteiger partial charge on any atom is -0.394 e. The van der Waals surface area contributed by atoms with Crippen LogP contribution in [0.15, 0.2) is 0 Å². The van der Waals surface area contributed by atoms with Gasteiger partial charge < -0.3 is 20.3 Å². The van der Waals surface area contributed by atoms with Crippen LogP contribution in [0.2, 0.25) is 0 Å². The average molecular weight is 535 g/mol. The SMILES string of the molecule is COC1C(CN2O[C@@H](CO)[C@H]([C@H](C)O)[C@H]2C(=O)N[C@H]2C[C@H]3C[C@@H]([C@@H]2C)C3(C)C)CCCC1C1CCCCC1. The van der Waals surface area contributed by atoms with Crippen LogP contribution < -0.4 is 5.32 Å². The fraction of sp³-hybridized carbons (Fsp3) is 0.968. The topological polar surface area (TPSA) is 91.3 Å². The van der Waals surface area contributed by atoms with Crippen LogP contribution in [-0.2, 0) is 14.4 Å². The molecule has 7 nitrogen and oxygen atoms in total. The highest BCUT2D eigenvalue weighted by Crippen LogP contribution is 2.61. The molecule has 1 saturated heterocycles. The first-order chi connectivity index (χ1) is 18.2. The van der Waals surface area contributed by atoms with E-state index in [-0.39, 0.29) is 30.6 Å². The standard InChI is InChI=1S/C31H54N2O5/c1-18-24-14-22(31(24,3)4)15-25(18)32-30(36)28-27(19(2)35)26(17-34)38-33(28)16-21-12-9-13-23(29(21)37-5)20-10-7-6-8-11-20/h18-29,34-35H,6-17H2,1-5H3,(H,32,36)/t18-,19-,21?,22+,23?,24-,25-,26-,27-,28-,29?/m0/s1. The molecule has 0 aromatic heterocycles. The summed E-state index contributed by atoms with van der Waals surface area (Å²) < 4.78 is 6.19. The molecular weight excluding hydrogens is 480 g/mol. The van der Waals surface area contributed by atoms with Crippen LogP contribution in [-0.4, -0.2) is 71.8 Å². The van der Waals surface area contributed by atoms with Crippen molar-refractivity contribution in [3.63, 3.8) is 0 Å². The zero-order chi connectivity index (χ0) is 27.2. The van der Waals surface area contributed by atoms with E-state index >= 15 is 0 Å². The van der Waals surface area contributed by atoms with Gasteiger partial charge in [-0.3, -0.25) is 9.63 Å². The molecule has 1 heterocycles. The van der Waals surface area contributed by atoms with E-state index in [1.165, 1.54) is 51.4 Å². The summed E-state index contributed by atoms with van der Waals surface area (Å²) in [5, 5.41) is 26.2. The Morgan fingerprint density at radius 2 is 1.87 bits per heavy atom. The largest absolute Gasteiger partial charge is 0.394 e. The smallest absolute Gasteiger partial charge is 0.240 e. The summed E-state index contributed by atoms with van der Waals surface area (Å²) in [4.78, 5) is 20.3. The molecule has 5 saturated carbocycles. The quantitative estimate of drug-likeness (QED) is 0.433. The van der Waals surface area contributed by atoms with Gasteiger partial charge in [0.2, 0.25) is 5.91 Å². The summed E-state index contributed by atoms with van der Waals surface area (Å²) in [5.74, 6) is 2.76. The molecule has 7 heteroatoms. The molecule has 2 bridgehead atoms. The number of rotatable bonds is 8. The number of aliphatic hydroxyl groups excluding tert-OH is 2. The third-order valence-corrected chi connectivity index (χ3v) is 12.0. The van der Waals surface area contributed by atoms with E-state index in [9.17, 15) is 15.0 Å². The lowest BCUT2D eigenvalue weighted by Crippen LogP contribution is -2.62. The number of hydroxylamine groups is 2. The van der Waals surface area contributed by atoms with Crippen LogP contribution >= 0.6 is 0 Å². The molecule has 6 rings (SSSR count). The van der Waals surface area contributed by atoms with Gasteiger partial charge in [-0.05, 0) is 67.6 Å². The van der Waals surface area contributed by atoms with Crippen LogP contribution in [0.3, 0.4) is 0 Å². The number of carbonyl (C=O) groups excluding carboxylic acids is 1. The lowest BCUT2D eigenvalue weighted by Gasteiger charge is -2.62. The summed E-state index contributed by atoms with van der Waals surface area (Å²) in [6, 6.07) is -0.459. The third kappa shape index (κ3) is 5.20. The molecule has 3 N–H and O–H groups in total. The second kappa shape index (κ2) is 11.6. The molecular formula is C31H54N2O5. The van der Waals surface area contributed by atoms with Crippen molar-refractivity contribution in [1.82, 2.24) is 10.4 Å². The van der Waals surface area contributed by atoms with Crippen molar-refractivity contribution in [3.05, 3.63) is 0 Å². The van der Waals surface area contributed by atoms with Gasteiger partial charge in [0.1, 0.15) is 12.1 Å². The first-order valence-electron chi connectivity index (χ1n) is 15.7. The summed E-state index contributed by atoms with van der Waals surface area (Å²) in [7, 11) is 1.85. The summed E-state index contributed by atoms with van der Waals surface area (Å²) in [5.41, 5.74) is 0.359. The van der Waals surface area contributed by atoms with Gasteiger partial charge in [0, 0.05) is 31.5 Å². The highest BCUT2D eigenvalue weighted by Gasteiger charge is 2.57. The number of hydrogen-bond acceptors (Lipinski definition) is 6. The Bertz CT molecular complexity index is 814. The molecule has 0 spiro atoms. The van der Waals surface area contributed by atoms with Crippen molar-refractivity contribution in [2.24, 2.45) is 46.8 Å². The lowest BCUT2D eigenvalue weighted by atomic mass is 9.45. The Morgan fingerprint density at radius 1 is 1.13 bits per heavy atom. The molecule has 6 fully saturated rings. The molecule has 1 amide bonds. The minimum atomic E-state index is -0.761. The van der Waals surface area contributed by atoms with E-state index < -0.39 is 24.2 Å². The zero-order valence-electron chi connectivity index (χ0n) is 24.5. The average Bonchev–Trinajstić information content (AvgIpc) is 3.28. The van der Waals surface area contributed by atoms with Gasteiger partial charge in [0.05, 0.1) is 18.8 Å². The fourth-order valence-electron chi connectivity index (χ4n) is 9.66. The van der Waals surface area contributed by atoms with Gasteiger partial charge in [-0.25, -0.2) is 0 Å². The lowest BCUT2D eigenvalue weighted by molar-refractivity contribution is -0.193. The molecule has 5 aliphatic carbocycles. The fourth-order valence-corrected chi connectivity index (χ4v) is 9.66.